The molecule has 0 spiro atoms. The quantitative estimate of drug-likeness (QED) is 0.416. The van der Waals surface area contributed by atoms with Crippen molar-refractivity contribution in [2.75, 3.05) is 49.5 Å². The van der Waals surface area contributed by atoms with Gasteiger partial charge in [-0.3, -0.25) is 9.69 Å². The molecule has 1 aromatic rings. The van der Waals surface area contributed by atoms with Crippen LogP contribution in [0, 0.1) is 11.7 Å². The molecule has 2 amide bonds. The Kier molecular flexibility index (Phi) is 8.29. The van der Waals surface area contributed by atoms with Gasteiger partial charge in [0.15, 0.2) is 0 Å². The molecule has 3 fully saturated rings. The first-order chi connectivity index (χ1) is 17.2. The molecule has 0 aliphatic carbocycles. The molecule has 36 heavy (non-hydrogen) atoms. The third-order valence-electron chi connectivity index (χ3n) is 6.58. The average molecular weight is 529 g/mol. The van der Waals surface area contributed by atoms with E-state index in [4.69, 9.17) is 18.9 Å². The number of hydrogen-bond donors (Lipinski definition) is 1. The van der Waals surface area contributed by atoms with Gasteiger partial charge in [-0.2, -0.15) is 0 Å². The predicted molar refractivity (Wildman–Crippen MR) is 124 cm³/mol. The summed E-state index contributed by atoms with van der Waals surface area (Å²) in [5.74, 6) is -1.35. The minimum absolute atomic E-state index is 0.0345. The number of amides is 2. The van der Waals surface area contributed by atoms with Gasteiger partial charge < -0.3 is 24.3 Å². The van der Waals surface area contributed by atoms with Crippen LogP contribution in [0.1, 0.15) is 37.2 Å². The van der Waals surface area contributed by atoms with Crippen LogP contribution in [-0.2, 0) is 33.6 Å². The van der Waals surface area contributed by atoms with Crippen molar-refractivity contribution < 1.29 is 46.1 Å². The first kappa shape index (κ1) is 26.1. The van der Waals surface area contributed by atoms with E-state index in [-0.39, 0.29) is 36.4 Å². The number of rotatable bonds is 7. The molecule has 0 unspecified atom stereocenters. The number of carbonyl (C=O) groups is 3. The van der Waals surface area contributed by atoms with Crippen molar-refractivity contribution in [2.45, 2.75) is 37.7 Å². The summed E-state index contributed by atoms with van der Waals surface area (Å²) in [5.41, 5.74) is 0.731. The molecule has 0 aromatic heterocycles. The minimum Gasteiger partial charge on any atom is -0.442 e. The van der Waals surface area contributed by atoms with E-state index in [2.05, 4.69) is 5.32 Å². The number of alkyl carbamates (subject to hydrolysis) is 1. The van der Waals surface area contributed by atoms with Crippen molar-refractivity contribution in [2.24, 2.45) is 5.92 Å². The Bertz CT molecular complexity index is 1080. The van der Waals surface area contributed by atoms with Crippen LogP contribution < -0.4 is 10.2 Å². The molecule has 1 N–H and O–H groups in total. The monoisotopic (exact) mass is 528 g/mol. The summed E-state index contributed by atoms with van der Waals surface area (Å²) >= 11 is 0. The zero-order valence-electron chi connectivity index (χ0n) is 19.6. The van der Waals surface area contributed by atoms with Crippen LogP contribution in [0.5, 0.6) is 0 Å². The van der Waals surface area contributed by atoms with Crippen molar-refractivity contribution in [1.82, 2.24) is 5.32 Å². The Morgan fingerprint density at radius 3 is 2.53 bits per heavy atom. The summed E-state index contributed by atoms with van der Waals surface area (Å²) in [6.45, 7) is 0.478. The third kappa shape index (κ3) is 6.64. The maximum atomic E-state index is 14.8. The van der Waals surface area contributed by atoms with Crippen LogP contribution in [0.25, 0.3) is 0 Å². The number of cyclic esters (lactones) is 1. The van der Waals surface area contributed by atoms with Gasteiger partial charge in [0.2, 0.25) is 6.79 Å². The maximum absolute atomic E-state index is 14.8. The fourth-order valence-electron chi connectivity index (χ4n) is 4.50. The van der Waals surface area contributed by atoms with Crippen molar-refractivity contribution in [3.63, 3.8) is 0 Å². The Balaban J connectivity index is 1.21. The summed E-state index contributed by atoms with van der Waals surface area (Å²) in [6.07, 6.45) is -0.365. The molecular formula is C23H29FN2O9S. The van der Waals surface area contributed by atoms with Crippen molar-refractivity contribution in [1.29, 1.82) is 0 Å². The lowest BCUT2D eigenvalue weighted by Crippen LogP contribution is -2.35. The first-order valence-corrected chi connectivity index (χ1v) is 13.7. The molecule has 3 heterocycles. The van der Waals surface area contributed by atoms with Gasteiger partial charge in [-0.15, -0.1) is 0 Å². The van der Waals surface area contributed by atoms with Crippen LogP contribution in [0.15, 0.2) is 18.2 Å². The second kappa shape index (κ2) is 11.4. The number of halogens is 1. The van der Waals surface area contributed by atoms with Crippen LogP contribution in [0.4, 0.5) is 19.7 Å². The number of nitrogens with zero attached hydrogens (tertiary/aromatic N) is 1. The van der Waals surface area contributed by atoms with Gasteiger partial charge in [0.25, 0.3) is 0 Å². The first-order valence-electron chi connectivity index (χ1n) is 11.8. The van der Waals surface area contributed by atoms with Crippen molar-refractivity contribution in [3.8, 4) is 0 Å². The Morgan fingerprint density at radius 1 is 1.11 bits per heavy atom. The SMILES string of the molecule is O=C(NC[C@H]1CN(c2ccc(C3CCS(=O)(=O)CC3)c(F)c2)C(=O)O1)OCOC(=O)C1CCOCC1. The van der Waals surface area contributed by atoms with Gasteiger partial charge in [0.1, 0.15) is 21.8 Å². The fourth-order valence-corrected chi connectivity index (χ4v) is 5.99. The summed E-state index contributed by atoms with van der Waals surface area (Å²) in [4.78, 5) is 37.3. The van der Waals surface area contributed by atoms with E-state index in [0.29, 0.717) is 50.1 Å². The average Bonchev–Trinajstić information content (AvgIpc) is 3.24. The smallest absolute Gasteiger partial charge is 0.414 e. The van der Waals surface area contributed by atoms with Crippen molar-refractivity contribution >= 4 is 33.7 Å². The number of hydrogen-bond acceptors (Lipinski definition) is 9. The van der Waals surface area contributed by atoms with Gasteiger partial charge in [-0.1, -0.05) is 6.07 Å². The van der Waals surface area contributed by atoms with Gasteiger partial charge in [0, 0.05) is 13.2 Å². The lowest BCUT2D eigenvalue weighted by Gasteiger charge is -2.23. The molecule has 3 saturated heterocycles. The molecule has 0 saturated carbocycles. The Labute approximate surface area is 208 Å². The molecular weight excluding hydrogens is 499 g/mol. The van der Waals surface area contributed by atoms with E-state index in [1.54, 1.807) is 12.1 Å². The highest BCUT2D eigenvalue weighted by Crippen LogP contribution is 2.33. The topological polar surface area (TPSA) is 138 Å². The van der Waals surface area contributed by atoms with Gasteiger partial charge in [0.05, 0.1) is 36.2 Å². The Morgan fingerprint density at radius 2 is 1.83 bits per heavy atom. The molecule has 0 bridgehead atoms. The fraction of sp³-hybridized carbons (Fsp3) is 0.609. The van der Waals surface area contributed by atoms with E-state index in [1.165, 1.54) is 11.0 Å². The van der Waals surface area contributed by atoms with Crippen LogP contribution >= 0.6 is 0 Å². The second-order valence-corrected chi connectivity index (χ2v) is 11.3. The van der Waals surface area contributed by atoms with E-state index in [1.807, 2.05) is 0 Å². The van der Waals surface area contributed by atoms with E-state index >= 15 is 0 Å². The number of benzene rings is 1. The summed E-state index contributed by atoms with van der Waals surface area (Å²) in [5, 5.41) is 2.44. The normalized spacial score (nSPS) is 22.6. The van der Waals surface area contributed by atoms with E-state index in [0.717, 1.165) is 0 Å². The molecule has 198 valence electrons. The standard InChI is InChI=1S/C23H29FN2O9S/c24-20-11-17(1-2-19(20)15-5-9-36(30,31)10-6-15)26-13-18(35-23(26)29)12-25-22(28)34-14-33-21(27)16-3-7-32-8-4-16/h1-2,11,15-16,18H,3-10,12-14H2,(H,25,28)/t18-/m0/s1. The molecule has 3 aliphatic rings. The molecule has 0 radical (unpaired) electrons. The highest BCUT2D eigenvalue weighted by atomic mass is 32.2. The number of esters is 1. The van der Waals surface area contributed by atoms with E-state index in [9.17, 15) is 27.2 Å². The molecule has 11 nitrogen and oxygen atoms in total. The Hall–Kier alpha value is -2.93. The van der Waals surface area contributed by atoms with E-state index < -0.39 is 46.7 Å². The molecule has 1 aromatic carbocycles. The highest BCUT2D eigenvalue weighted by molar-refractivity contribution is 7.91. The van der Waals surface area contributed by atoms with Gasteiger partial charge in [-0.05, 0) is 49.3 Å². The maximum Gasteiger partial charge on any atom is 0.414 e. The summed E-state index contributed by atoms with van der Waals surface area (Å²) < 4.78 is 58.3. The molecule has 3 aliphatic heterocycles. The second-order valence-electron chi connectivity index (χ2n) is 9.03. The largest absolute Gasteiger partial charge is 0.442 e. The lowest BCUT2D eigenvalue weighted by atomic mass is 9.93. The zero-order chi connectivity index (χ0) is 25.7. The number of sulfone groups is 1. The number of nitrogens with one attached hydrogen (secondary N) is 1. The molecule has 13 heteroatoms. The van der Waals surface area contributed by atoms with Crippen molar-refractivity contribution in [3.05, 3.63) is 29.6 Å². The molecule has 4 rings (SSSR count). The highest BCUT2D eigenvalue weighted by Gasteiger charge is 2.34. The van der Waals surface area contributed by atoms with Gasteiger partial charge >= 0.3 is 18.2 Å². The number of anilines is 1. The van der Waals surface area contributed by atoms with Crippen LogP contribution in [0.3, 0.4) is 0 Å². The predicted octanol–water partition coefficient (Wildman–Crippen LogP) is 2.10. The minimum atomic E-state index is -3.05. The number of carbonyl (C=O) groups excluding carboxylic acids is 3. The van der Waals surface area contributed by atoms with Gasteiger partial charge in [-0.25, -0.2) is 22.4 Å². The summed E-state index contributed by atoms with van der Waals surface area (Å²) in [7, 11) is -3.05. The third-order valence-corrected chi connectivity index (χ3v) is 8.30. The molecule has 1 atom stereocenters. The van der Waals surface area contributed by atoms with Crippen LogP contribution in [0.2, 0.25) is 0 Å². The zero-order valence-corrected chi connectivity index (χ0v) is 20.5. The lowest BCUT2D eigenvalue weighted by molar-refractivity contribution is -0.159. The van der Waals surface area contributed by atoms with Crippen LogP contribution in [-0.4, -0.2) is 77.3 Å². The number of ether oxygens (including phenoxy) is 4. The summed E-state index contributed by atoms with van der Waals surface area (Å²) in [6, 6.07) is 4.40.